The topological polar surface area (TPSA) is 27.6 Å². The molecule has 1 fully saturated rings. The van der Waals surface area contributed by atoms with Crippen LogP contribution in [0.25, 0.3) is 0 Å². The number of nitrogens with zero attached hydrogens (tertiary/aromatic N) is 2. The molecule has 3 nitrogen and oxygen atoms in total. The van der Waals surface area contributed by atoms with Crippen molar-refractivity contribution in [3.05, 3.63) is 65.7 Å². The van der Waals surface area contributed by atoms with Gasteiger partial charge >= 0.3 is 0 Å². The summed E-state index contributed by atoms with van der Waals surface area (Å²) >= 11 is 0. The van der Waals surface area contributed by atoms with E-state index in [1.54, 1.807) is 0 Å². The summed E-state index contributed by atoms with van der Waals surface area (Å²) in [5.74, 6) is 1.63. The summed E-state index contributed by atoms with van der Waals surface area (Å²) in [4.78, 5) is 6.82. The van der Waals surface area contributed by atoms with Gasteiger partial charge in [-0.15, -0.1) is 24.0 Å². The second-order valence-electron chi connectivity index (χ2n) is 6.08. The van der Waals surface area contributed by atoms with Crippen LogP contribution in [-0.4, -0.2) is 25.6 Å². The average Bonchev–Trinajstić information content (AvgIpc) is 3.23. The van der Waals surface area contributed by atoms with Crippen LogP contribution in [-0.2, 0) is 6.42 Å². The van der Waals surface area contributed by atoms with E-state index in [2.05, 4.69) is 69.8 Å². The van der Waals surface area contributed by atoms with Crippen molar-refractivity contribution in [1.82, 2.24) is 5.32 Å². The molecule has 23 heavy (non-hydrogen) atoms. The fourth-order valence-electron chi connectivity index (χ4n) is 3.41. The van der Waals surface area contributed by atoms with Crippen LogP contribution in [0, 0.1) is 0 Å². The molecular weight excluding hydrogens is 397 g/mol. The highest BCUT2D eigenvalue weighted by atomic mass is 127. The van der Waals surface area contributed by atoms with Crippen molar-refractivity contribution in [2.75, 3.05) is 18.5 Å². The molecule has 2 aromatic rings. The second kappa shape index (κ2) is 6.91. The quantitative estimate of drug-likeness (QED) is 0.456. The molecule has 4 rings (SSSR count). The van der Waals surface area contributed by atoms with Crippen LogP contribution in [0.4, 0.5) is 5.69 Å². The number of nitrogens with one attached hydrogen (secondary N) is 1. The van der Waals surface area contributed by atoms with Crippen LogP contribution in [0.3, 0.4) is 0 Å². The lowest BCUT2D eigenvalue weighted by molar-refractivity contribution is 0.835. The fraction of sp³-hybridized carbons (Fsp3) is 0.316. The summed E-state index contributed by atoms with van der Waals surface area (Å²) in [6.07, 6.45) is 2.29. The molecule has 0 saturated heterocycles. The molecule has 1 saturated carbocycles. The monoisotopic (exact) mass is 419 g/mol. The molecule has 4 heteroatoms. The van der Waals surface area contributed by atoms with Gasteiger partial charge in [-0.1, -0.05) is 48.5 Å². The molecule has 0 radical (unpaired) electrons. The number of fused-ring (bicyclic) bond motifs is 1. The molecule has 120 valence electrons. The van der Waals surface area contributed by atoms with Crippen molar-refractivity contribution in [1.29, 1.82) is 0 Å². The van der Waals surface area contributed by atoms with E-state index in [1.165, 1.54) is 23.2 Å². The van der Waals surface area contributed by atoms with Crippen molar-refractivity contribution in [2.45, 2.75) is 24.8 Å². The van der Waals surface area contributed by atoms with Gasteiger partial charge in [0.2, 0.25) is 0 Å². The largest absolute Gasteiger partial charge is 0.353 e. The molecule has 0 spiro atoms. The smallest absolute Gasteiger partial charge is 0.198 e. The Morgan fingerprint density at radius 1 is 1.09 bits per heavy atom. The minimum absolute atomic E-state index is 0. The van der Waals surface area contributed by atoms with Gasteiger partial charge in [0.1, 0.15) is 0 Å². The summed E-state index contributed by atoms with van der Waals surface area (Å²) in [5.41, 5.74) is 4.14. The summed E-state index contributed by atoms with van der Waals surface area (Å²) in [7, 11) is 1.88. The Hall–Kier alpha value is -1.56. The van der Waals surface area contributed by atoms with E-state index >= 15 is 0 Å². The Morgan fingerprint density at radius 3 is 2.61 bits per heavy atom. The first kappa shape index (κ1) is 16.3. The molecule has 2 atom stereocenters. The molecule has 2 aliphatic rings. The number of para-hydroxylation sites is 1. The molecule has 2 unspecified atom stereocenters. The van der Waals surface area contributed by atoms with Crippen molar-refractivity contribution < 1.29 is 0 Å². The minimum atomic E-state index is 0. The number of guanidine groups is 1. The third-order valence-electron chi connectivity index (χ3n) is 4.69. The van der Waals surface area contributed by atoms with Gasteiger partial charge in [0.25, 0.3) is 0 Å². The van der Waals surface area contributed by atoms with E-state index in [0.29, 0.717) is 12.0 Å². The molecule has 0 amide bonds. The Bertz CT molecular complexity index is 699. The predicted octanol–water partition coefficient (Wildman–Crippen LogP) is 3.80. The number of hydrogen-bond acceptors (Lipinski definition) is 1. The van der Waals surface area contributed by atoms with Crippen molar-refractivity contribution in [3.8, 4) is 0 Å². The zero-order valence-electron chi connectivity index (χ0n) is 13.3. The van der Waals surface area contributed by atoms with E-state index in [0.717, 1.165) is 18.9 Å². The third kappa shape index (κ3) is 3.22. The van der Waals surface area contributed by atoms with Gasteiger partial charge in [0.15, 0.2) is 5.96 Å². The van der Waals surface area contributed by atoms with Crippen molar-refractivity contribution in [3.63, 3.8) is 0 Å². The van der Waals surface area contributed by atoms with Gasteiger partial charge in [-0.25, -0.2) is 0 Å². The summed E-state index contributed by atoms with van der Waals surface area (Å²) < 4.78 is 0. The number of anilines is 1. The Balaban J connectivity index is 0.00000156. The highest BCUT2D eigenvalue weighted by Gasteiger charge is 2.40. The average molecular weight is 419 g/mol. The normalized spacial score (nSPS) is 22.3. The maximum absolute atomic E-state index is 4.51. The van der Waals surface area contributed by atoms with Crippen LogP contribution in [0.15, 0.2) is 59.6 Å². The summed E-state index contributed by atoms with van der Waals surface area (Å²) in [5, 5.41) is 3.65. The zero-order valence-corrected chi connectivity index (χ0v) is 15.6. The fourth-order valence-corrected chi connectivity index (χ4v) is 3.41. The Kier molecular flexibility index (Phi) is 4.90. The first-order chi connectivity index (χ1) is 10.9. The number of halogens is 1. The lowest BCUT2D eigenvalue weighted by Gasteiger charge is -2.22. The predicted molar refractivity (Wildman–Crippen MR) is 107 cm³/mol. The Morgan fingerprint density at radius 2 is 1.83 bits per heavy atom. The molecule has 1 aliphatic carbocycles. The Labute approximate surface area is 154 Å². The highest BCUT2D eigenvalue weighted by molar-refractivity contribution is 14.0. The molecule has 2 aromatic carbocycles. The highest BCUT2D eigenvalue weighted by Crippen LogP contribution is 2.41. The van der Waals surface area contributed by atoms with Crippen LogP contribution < -0.4 is 10.2 Å². The van der Waals surface area contributed by atoms with Gasteiger partial charge in [-0.3, -0.25) is 4.99 Å². The standard InChI is InChI=1S/C19H21N3.HI/c1-20-19(22-12-11-15-9-5-6-10-18(15)22)21-17-13-16(17)14-7-3-2-4-8-14;/h2-10,16-17H,11-13H2,1H3,(H,20,21);1H. The second-order valence-corrected chi connectivity index (χ2v) is 6.08. The lowest BCUT2D eigenvalue weighted by Crippen LogP contribution is -2.42. The van der Waals surface area contributed by atoms with E-state index in [4.69, 9.17) is 0 Å². The molecule has 0 bridgehead atoms. The molecule has 1 heterocycles. The minimum Gasteiger partial charge on any atom is -0.353 e. The first-order valence-corrected chi connectivity index (χ1v) is 8.00. The van der Waals surface area contributed by atoms with Gasteiger partial charge in [0.05, 0.1) is 0 Å². The van der Waals surface area contributed by atoms with E-state index < -0.39 is 0 Å². The van der Waals surface area contributed by atoms with Gasteiger partial charge in [-0.05, 0) is 30.0 Å². The maximum atomic E-state index is 4.51. The lowest BCUT2D eigenvalue weighted by atomic mass is 10.1. The van der Waals surface area contributed by atoms with Gasteiger partial charge in [-0.2, -0.15) is 0 Å². The summed E-state index contributed by atoms with van der Waals surface area (Å²) in [6.45, 7) is 1.02. The van der Waals surface area contributed by atoms with Gasteiger partial charge in [0, 0.05) is 31.2 Å². The van der Waals surface area contributed by atoms with E-state index in [1.807, 2.05) is 7.05 Å². The number of hydrogen-bond donors (Lipinski definition) is 1. The SMILES string of the molecule is CN=C(NC1CC1c1ccccc1)N1CCc2ccccc21.I. The van der Waals surface area contributed by atoms with Crippen LogP contribution in [0.2, 0.25) is 0 Å². The first-order valence-electron chi connectivity index (χ1n) is 8.00. The van der Waals surface area contributed by atoms with E-state index in [-0.39, 0.29) is 24.0 Å². The van der Waals surface area contributed by atoms with Crippen LogP contribution >= 0.6 is 24.0 Å². The molecule has 0 aromatic heterocycles. The number of aliphatic imine (C=N–C) groups is 1. The van der Waals surface area contributed by atoms with Crippen LogP contribution in [0.1, 0.15) is 23.5 Å². The zero-order chi connectivity index (χ0) is 14.9. The van der Waals surface area contributed by atoms with E-state index in [9.17, 15) is 0 Å². The third-order valence-corrected chi connectivity index (χ3v) is 4.69. The van der Waals surface area contributed by atoms with Crippen molar-refractivity contribution >= 4 is 35.6 Å². The van der Waals surface area contributed by atoms with Crippen LogP contribution in [0.5, 0.6) is 0 Å². The molecule has 1 aliphatic heterocycles. The van der Waals surface area contributed by atoms with Crippen molar-refractivity contribution in [2.24, 2.45) is 4.99 Å². The maximum Gasteiger partial charge on any atom is 0.198 e. The number of benzene rings is 2. The van der Waals surface area contributed by atoms with Gasteiger partial charge < -0.3 is 10.2 Å². The number of rotatable bonds is 2. The summed E-state index contributed by atoms with van der Waals surface area (Å²) in [6, 6.07) is 19.9. The molecule has 1 N–H and O–H groups in total. The molecular formula is C19H22IN3.